The maximum Gasteiger partial charge on any atom is 0.390 e. The SMILES string of the molecule is Cc1cc(N)cc(C(=O)N(C)CCC(F)(F)F)c1. The number of halogens is 3. The second-order valence-corrected chi connectivity index (χ2v) is 4.22. The van der Waals surface area contributed by atoms with Crippen LogP contribution in [0.4, 0.5) is 18.9 Å². The maximum atomic E-state index is 12.1. The first kappa shape index (κ1) is 14.3. The van der Waals surface area contributed by atoms with Gasteiger partial charge in [-0.3, -0.25) is 4.79 Å². The van der Waals surface area contributed by atoms with Crippen molar-refractivity contribution in [2.45, 2.75) is 19.5 Å². The lowest BCUT2D eigenvalue weighted by Gasteiger charge is -2.18. The molecule has 0 spiro atoms. The topological polar surface area (TPSA) is 46.3 Å². The van der Waals surface area contributed by atoms with Crippen LogP contribution >= 0.6 is 0 Å². The number of benzene rings is 1. The molecular weight excluding hydrogens is 245 g/mol. The Bertz CT molecular complexity index is 423. The monoisotopic (exact) mass is 260 g/mol. The molecule has 1 amide bonds. The quantitative estimate of drug-likeness (QED) is 0.849. The highest BCUT2D eigenvalue weighted by molar-refractivity contribution is 5.95. The van der Waals surface area contributed by atoms with Crippen molar-refractivity contribution >= 4 is 11.6 Å². The average molecular weight is 260 g/mol. The molecular formula is C12H15F3N2O. The minimum Gasteiger partial charge on any atom is -0.399 e. The number of nitrogen functional groups attached to an aromatic ring is 1. The highest BCUT2D eigenvalue weighted by atomic mass is 19.4. The Morgan fingerprint density at radius 1 is 1.33 bits per heavy atom. The molecule has 0 aliphatic carbocycles. The summed E-state index contributed by atoms with van der Waals surface area (Å²) in [6.07, 6.45) is -5.28. The molecule has 0 unspecified atom stereocenters. The predicted molar refractivity (Wildman–Crippen MR) is 63.2 cm³/mol. The van der Waals surface area contributed by atoms with Gasteiger partial charge in [-0.05, 0) is 30.7 Å². The van der Waals surface area contributed by atoms with E-state index in [1.165, 1.54) is 13.1 Å². The normalized spacial score (nSPS) is 11.4. The van der Waals surface area contributed by atoms with Gasteiger partial charge in [0.1, 0.15) is 0 Å². The fraction of sp³-hybridized carbons (Fsp3) is 0.417. The van der Waals surface area contributed by atoms with E-state index in [0.29, 0.717) is 11.3 Å². The van der Waals surface area contributed by atoms with E-state index in [-0.39, 0.29) is 6.54 Å². The number of anilines is 1. The highest BCUT2D eigenvalue weighted by Crippen LogP contribution is 2.20. The summed E-state index contributed by atoms with van der Waals surface area (Å²) in [7, 11) is 1.34. The van der Waals surface area contributed by atoms with Gasteiger partial charge < -0.3 is 10.6 Å². The van der Waals surface area contributed by atoms with Crippen molar-refractivity contribution in [1.29, 1.82) is 0 Å². The molecule has 0 saturated heterocycles. The molecule has 0 heterocycles. The van der Waals surface area contributed by atoms with Crippen molar-refractivity contribution in [3.05, 3.63) is 29.3 Å². The van der Waals surface area contributed by atoms with Gasteiger partial charge in [-0.25, -0.2) is 0 Å². The number of carbonyl (C=O) groups is 1. The van der Waals surface area contributed by atoms with Crippen LogP contribution in [-0.2, 0) is 0 Å². The van der Waals surface area contributed by atoms with Gasteiger partial charge in [-0.2, -0.15) is 13.2 Å². The second kappa shape index (κ2) is 5.29. The standard InChI is InChI=1S/C12H15F3N2O/c1-8-5-9(7-10(16)6-8)11(18)17(2)4-3-12(13,14)15/h5-7H,3-4,16H2,1-2H3. The van der Waals surface area contributed by atoms with E-state index < -0.39 is 18.5 Å². The van der Waals surface area contributed by atoms with Crippen LogP contribution in [-0.4, -0.2) is 30.6 Å². The summed E-state index contributed by atoms with van der Waals surface area (Å²) in [6, 6.07) is 4.74. The molecule has 0 bridgehead atoms. The van der Waals surface area contributed by atoms with Crippen molar-refractivity contribution < 1.29 is 18.0 Å². The zero-order valence-electron chi connectivity index (χ0n) is 10.2. The molecule has 0 aromatic heterocycles. The van der Waals surface area contributed by atoms with Crippen molar-refractivity contribution in [3.8, 4) is 0 Å². The maximum absolute atomic E-state index is 12.1. The highest BCUT2D eigenvalue weighted by Gasteiger charge is 2.28. The minimum atomic E-state index is -4.26. The number of nitrogens with two attached hydrogens (primary N) is 1. The third-order valence-corrected chi connectivity index (χ3v) is 2.42. The van der Waals surface area contributed by atoms with Crippen molar-refractivity contribution in [1.82, 2.24) is 4.90 Å². The van der Waals surface area contributed by atoms with Crippen LogP contribution in [0.15, 0.2) is 18.2 Å². The minimum absolute atomic E-state index is 0.303. The van der Waals surface area contributed by atoms with Gasteiger partial charge in [0.15, 0.2) is 0 Å². The van der Waals surface area contributed by atoms with Crippen LogP contribution in [0.2, 0.25) is 0 Å². The largest absolute Gasteiger partial charge is 0.399 e. The molecule has 2 N–H and O–H groups in total. The Morgan fingerprint density at radius 3 is 2.44 bits per heavy atom. The molecule has 1 rings (SSSR count). The number of rotatable bonds is 3. The summed E-state index contributed by atoms with van der Waals surface area (Å²) >= 11 is 0. The van der Waals surface area contributed by atoms with Crippen molar-refractivity contribution in [2.75, 3.05) is 19.3 Å². The molecule has 6 heteroatoms. The van der Waals surface area contributed by atoms with Gasteiger partial charge in [0.25, 0.3) is 5.91 Å². The fourth-order valence-corrected chi connectivity index (χ4v) is 1.55. The van der Waals surface area contributed by atoms with E-state index in [2.05, 4.69) is 0 Å². The third-order valence-electron chi connectivity index (χ3n) is 2.42. The summed E-state index contributed by atoms with van der Waals surface area (Å²) in [6.45, 7) is 1.40. The summed E-state index contributed by atoms with van der Waals surface area (Å²) in [5.74, 6) is -0.463. The Labute approximate surface area is 103 Å². The Kier molecular flexibility index (Phi) is 4.21. The smallest absolute Gasteiger partial charge is 0.390 e. The molecule has 1 aromatic carbocycles. The molecule has 0 aliphatic heterocycles. The summed E-state index contributed by atoms with van der Waals surface area (Å²) < 4.78 is 36.2. The van der Waals surface area contributed by atoms with Gasteiger partial charge >= 0.3 is 6.18 Å². The Balaban J connectivity index is 2.74. The summed E-state index contributed by atoms with van der Waals surface area (Å²) in [4.78, 5) is 12.9. The van der Waals surface area contributed by atoms with E-state index in [0.717, 1.165) is 10.5 Å². The molecule has 1 aromatic rings. The first-order chi connectivity index (χ1) is 8.19. The third kappa shape index (κ3) is 4.27. The van der Waals surface area contributed by atoms with Crippen LogP contribution in [0.25, 0.3) is 0 Å². The zero-order chi connectivity index (χ0) is 13.9. The molecule has 0 saturated carbocycles. The van der Waals surface area contributed by atoms with Gasteiger partial charge in [0.05, 0.1) is 6.42 Å². The van der Waals surface area contributed by atoms with Crippen molar-refractivity contribution in [2.24, 2.45) is 0 Å². The van der Waals surface area contributed by atoms with E-state index >= 15 is 0 Å². The van der Waals surface area contributed by atoms with Crippen LogP contribution < -0.4 is 5.73 Å². The summed E-state index contributed by atoms with van der Waals surface area (Å²) in [5.41, 5.74) is 7.11. The van der Waals surface area contributed by atoms with E-state index in [1.54, 1.807) is 19.1 Å². The first-order valence-electron chi connectivity index (χ1n) is 5.38. The van der Waals surface area contributed by atoms with Crippen LogP contribution in [0.3, 0.4) is 0 Å². The van der Waals surface area contributed by atoms with Gasteiger partial charge in [-0.1, -0.05) is 0 Å². The van der Waals surface area contributed by atoms with E-state index in [4.69, 9.17) is 5.73 Å². The van der Waals surface area contributed by atoms with Crippen LogP contribution in [0, 0.1) is 6.92 Å². The molecule has 100 valence electrons. The Morgan fingerprint density at radius 2 is 1.94 bits per heavy atom. The predicted octanol–water partition coefficient (Wildman–Crippen LogP) is 2.60. The fourth-order valence-electron chi connectivity index (χ4n) is 1.55. The van der Waals surface area contributed by atoms with E-state index in [9.17, 15) is 18.0 Å². The second-order valence-electron chi connectivity index (χ2n) is 4.22. The number of hydrogen-bond donors (Lipinski definition) is 1. The number of aryl methyl sites for hydroxylation is 1. The lowest BCUT2D eigenvalue weighted by molar-refractivity contribution is -0.136. The average Bonchev–Trinajstić information content (AvgIpc) is 2.22. The molecule has 0 atom stereocenters. The number of hydrogen-bond acceptors (Lipinski definition) is 2. The van der Waals surface area contributed by atoms with Gasteiger partial charge in [0, 0.05) is 24.8 Å². The van der Waals surface area contributed by atoms with Crippen LogP contribution in [0.5, 0.6) is 0 Å². The van der Waals surface area contributed by atoms with E-state index in [1.807, 2.05) is 0 Å². The van der Waals surface area contributed by atoms with Crippen molar-refractivity contribution in [3.63, 3.8) is 0 Å². The lowest BCUT2D eigenvalue weighted by atomic mass is 10.1. The Hall–Kier alpha value is -1.72. The van der Waals surface area contributed by atoms with Crippen LogP contribution in [0.1, 0.15) is 22.3 Å². The molecule has 3 nitrogen and oxygen atoms in total. The number of nitrogens with zero attached hydrogens (tertiary/aromatic N) is 1. The number of carbonyl (C=O) groups excluding carboxylic acids is 1. The molecule has 0 fully saturated rings. The molecule has 0 radical (unpaired) electrons. The number of alkyl halides is 3. The lowest BCUT2D eigenvalue weighted by Crippen LogP contribution is -2.30. The summed E-state index contributed by atoms with van der Waals surface area (Å²) in [5, 5.41) is 0. The zero-order valence-corrected chi connectivity index (χ0v) is 10.2. The van der Waals surface area contributed by atoms with Gasteiger partial charge in [0.2, 0.25) is 0 Å². The first-order valence-corrected chi connectivity index (χ1v) is 5.38. The number of amides is 1. The van der Waals surface area contributed by atoms with Gasteiger partial charge in [-0.15, -0.1) is 0 Å². The molecule has 0 aliphatic rings. The molecule has 18 heavy (non-hydrogen) atoms.